The summed E-state index contributed by atoms with van der Waals surface area (Å²) in [6, 6.07) is 0. The molecule has 0 amide bonds. The Labute approximate surface area is 120 Å². The summed E-state index contributed by atoms with van der Waals surface area (Å²) in [5.41, 5.74) is 0. The van der Waals surface area contributed by atoms with E-state index in [-0.39, 0.29) is 6.10 Å². The first-order valence-electron chi connectivity index (χ1n) is 7.15. The van der Waals surface area contributed by atoms with Gasteiger partial charge < -0.3 is 18.8 Å². The van der Waals surface area contributed by atoms with Crippen molar-refractivity contribution in [2.75, 3.05) is 47.1 Å². The van der Waals surface area contributed by atoms with Gasteiger partial charge in [-0.15, -0.1) is 0 Å². The molecule has 2 heterocycles. The van der Waals surface area contributed by atoms with Crippen LogP contribution in [0.3, 0.4) is 0 Å². The topological polar surface area (TPSA) is 48.8 Å². The van der Waals surface area contributed by atoms with Crippen molar-refractivity contribution in [3.05, 3.63) is 18.2 Å². The van der Waals surface area contributed by atoms with E-state index >= 15 is 0 Å². The van der Waals surface area contributed by atoms with Gasteiger partial charge in [0.15, 0.2) is 0 Å². The molecule has 20 heavy (non-hydrogen) atoms. The fraction of sp³-hybridized carbons (Fsp3) is 0.786. The second kappa shape index (κ2) is 8.36. The fourth-order valence-electron chi connectivity index (χ4n) is 2.43. The van der Waals surface area contributed by atoms with Gasteiger partial charge in [-0.05, 0) is 6.42 Å². The number of nitrogens with zero attached hydrogens (tertiary/aromatic N) is 3. The van der Waals surface area contributed by atoms with Crippen LogP contribution in [0.4, 0.5) is 0 Å². The van der Waals surface area contributed by atoms with Crippen LogP contribution in [0.5, 0.6) is 0 Å². The van der Waals surface area contributed by atoms with E-state index in [9.17, 15) is 0 Å². The van der Waals surface area contributed by atoms with Crippen LogP contribution in [0.25, 0.3) is 0 Å². The average molecular weight is 283 g/mol. The smallest absolute Gasteiger partial charge is 0.122 e. The third-order valence-corrected chi connectivity index (χ3v) is 3.57. The van der Waals surface area contributed by atoms with Gasteiger partial charge in [-0.3, -0.25) is 4.90 Å². The van der Waals surface area contributed by atoms with Gasteiger partial charge in [-0.25, -0.2) is 4.98 Å². The molecule has 114 valence electrons. The summed E-state index contributed by atoms with van der Waals surface area (Å²) in [6.45, 7) is 5.87. The summed E-state index contributed by atoms with van der Waals surface area (Å²) < 4.78 is 18.2. The van der Waals surface area contributed by atoms with Gasteiger partial charge in [0.1, 0.15) is 5.82 Å². The van der Waals surface area contributed by atoms with E-state index in [1.807, 2.05) is 12.4 Å². The zero-order valence-corrected chi connectivity index (χ0v) is 12.5. The van der Waals surface area contributed by atoms with E-state index in [0.29, 0.717) is 6.61 Å². The Balaban J connectivity index is 1.84. The van der Waals surface area contributed by atoms with E-state index in [1.54, 1.807) is 14.2 Å². The van der Waals surface area contributed by atoms with Crippen molar-refractivity contribution >= 4 is 0 Å². The standard InChI is InChI=1S/C14H25N3O3/c1-18-8-3-13-11-16(6-10-20-13)12-14-15-4-5-17(14)7-9-19-2/h4-5,13H,3,6-12H2,1-2H3/t13-/m0/s1. The molecule has 0 aliphatic carbocycles. The molecule has 0 N–H and O–H groups in total. The largest absolute Gasteiger partial charge is 0.385 e. The summed E-state index contributed by atoms with van der Waals surface area (Å²) in [4.78, 5) is 6.85. The maximum absolute atomic E-state index is 5.76. The normalized spacial score (nSPS) is 20.4. The van der Waals surface area contributed by atoms with Crippen LogP contribution in [0.2, 0.25) is 0 Å². The van der Waals surface area contributed by atoms with Crippen LogP contribution >= 0.6 is 0 Å². The van der Waals surface area contributed by atoms with Crippen molar-refractivity contribution in [2.24, 2.45) is 0 Å². The number of hydrogen-bond donors (Lipinski definition) is 0. The van der Waals surface area contributed by atoms with E-state index in [0.717, 1.165) is 51.6 Å². The number of hydrogen-bond acceptors (Lipinski definition) is 5. The van der Waals surface area contributed by atoms with Crippen molar-refractivity contribution in [3.63, 3.8) is 0 Å². The Morgan fingerprint density at radius 3 is 3.00 bits per heavy atom. The molecule has 2 rings (SSSR count). The van der Waals surface area contributed by atoms with Crippen LogP contribution in [0, 0.1) is 0 Å². The summed E-state index contributed by atoms with van der Waals surface area (Å²) in [7, 11) is 3.45. The molecule has 1 fully saturated rings. The highest BCUT2D eigenvalue weighted by Crippen LogP contribution is 2.12. The zero-order valence-electron chi connectivity index (χ0n) is 12.5. The van der Waals surface area contributed by atoms with E-state index in [2.05, 4.69) is 14.5 Å². The quantitative estimate of drug-likeness (QED) is 0.705. The second-order valence-corrected chi connectivity index (χ2v) is 5.04. The maximum atomic E-state index is 5.76. The van der Waals surface area contributed by atoms with Gasteiger partial charge >= 0.3 is 0 Å². The molecule has 0 unspecified atom stereocenters. The lowest BCUT2D eigenvalue weighted by Gasteiger charge is -2.32. The number of morpholine rings is 1. The van der Waals surface area contributed by atoms with E-state index < -0.39 is 0 Å². The van der Waals surface area contributed by atoms with E-state index in [1.165, 1.54) is 0 Å². The van der Waals surface area contributed by atoms with Crippen molar-refractivity contribution in [2.45, 2.75) is 25.6 Å². The number of imidazole rings is 1. The lowest BCUT2D eigenvalue weighted by atomic mass is 10.2. The lowest BCUT2D eigenvalue weighted by Crippen LogP contribution is -2.42. The Morgan fingerprint density at radius 2 is 2.20 bits per heavy atom. The highest BCUT2D eigenvalue weighted by Gasteiger charge is 2.21. The molecule has 1 aromatic rings. The predicted molar refractivity (Wildman–Crippen MR) is 75.6 cm³/mol. The number of ether oxygens (including phenoxy) is 3. The third-order valence-electron chi connectivity index (χ3n) is 3.57. The minimum atomic E-state index is 0.270. The number of rotatable bonds is 8. The Morgan fingerprint density at radius 1 is 1.35 bits per heavy atom. The lowest BCUT2D eigenvalue weighted by molar-refractivity contribution is -0.0441. The monoisotopic (exact) mass is 283 g/mol. The van der Waals surface area contributed by atoms with Gasteiger partial charge in [0, 0.05) is 52.9 Å². The van der Waals surface area contributed by atoms with Gasteiger partial charge in [0.05, 0.1) is 25.9 Å². The number of aromatic nitrogens is 2. The average Bonchev–Trinajstić information content (AvgIpc) is 2.90. The highest BCUT2D eigenvalue weighted by molar-refractivity contribution is 4.93. The zero-order chi connectivity index (χ0) is 14.2. The van der Waals surface area contributed by atoms with Gasteiger partial charge in [-0.1, -0.05) is 0 Å². The fourth-order valence-corrected chi connectivity index (χ4v) is 2.43. The Kier molecular flexibility index (Phi) is 6.46. The van der Waals surface area contributed by atoms with Crippen molar-refractivity contribution in [1.82, 2.24) is 14.5 Å². The minimum absolute atomic E-state index is 0.270. The van der Waals surface area contributed by atoms with Gasteiger partial charge in [-0.2, -0.15) is 0 Å². The first-order valence-corrected chi connectivity index (χ1v) is 7.15. The summed E-state index contributed by atoms with van der Waals surface area (Å²) in [5, 5.41) is 0. The SMILES string of the molecule is COCC[C@H]1CN(Cc2nccn2CCOC)CCO1. The minimum Gasteiger partial charge on any atom is -0.385 e. The molecule has 0 radical (unpaired) electrons. The van der Waals surface area contributed by atoms with Crippen LogP contribution in [-0.2, 0) is 27.3 Å². The molecule has 0 bridgehead atoms. The first kappa shape index (κ1) is 15.4. The van der Waals surface area contributed by atoms with Gasteiger partial charge in [0.25, 0.3) is 0 Å². The third kappa shape index (κ3) is 4.56. The molecule has 1 saturated heterocycles. The molecule has 1 aromatic heterocycles. The highest BCUT2D eigenvalue weighted by atomic mass is 16.5. The first-order chi connectivity index (χ1) is 9.83. The molecule has 0 aromatic carbocycles. The predicted octanol–water partition coefficient (Wildman–Crippen LogP) is 0.767. The van der Waals surface area contributed by atoms with Crippen molar-refractivity contribution in [1.29, 1.82) is 0 Å². The molecular weight excluding hydrogens is 258 g/mol. The van der Waals surface area contributed by atoms with Gasteiger partial charge in [0.2, 0.25) is 0 Å². The van der Waals surface area contributed by atoms with Crippen LogP contribution < -0.4 is 0 Å². The van der Waals surface area contributed by atoms with Crippen molar-refractivity contribution in [3.8, 4) is 0 Å². The summed E-state index contributed by atoms with van der Waals surface area (Å²) in [6.07, 6.45) is 5.09. The molecule has 1 aliphatic rings. The number of methoxy groups -OCH3 is 2. The summed E-state index contributed by atoms with van der Waals surface area (Å²) >= 11 is 0. The maximum Gasteiger partial charge on any atom is 0.122 e. The van der Waals surface area contributed by atoms with Crippen LogP contribution in [0.1, 0.15) is 12.2 Å². The van der Waals surface area contributed by atoms with Crippen LogP contribution in [-0.4, -0.2) is 67.7 Å². The van der Waals surface area contributed by atoms with E-state index in [4.69, 9.17) is 14.2 Å². The molecule has 0 spiro atoms. The second-order valence-electron chi connectivity index (χ2n) is 5.04. The van der Waals surface area contributed by atoms with Crippen molar-refractivity contribution < 1.29 is 14.2 Å². The molecule has 6 nitrogen and oxygen atoms in total. The summed E-state index contributed by atoms with van der Waals surface area (Å²) in [5.74, 6) is 1.09. The Bertz CT molecular complexity index is 383. The molecule has 0 saturated carbocycles. The Hall–Kier alpha value is -0.950. The molecule has 1 atom stereocenters. The molecule has 6 heteroatoms. The molecule has 1 aliphatic heterocycles. The van der Waals surface area contributed by atoms with Crippen LogP contribution in [0.15, 0.2) is 12.4 Å². The molecular formula is C14H25N3O3.